The fourth-order valence-corrected chi connectivity index (χ4v) is 3.33. The smallest absolute Gasteiger partial charge is 0.251 e. The van der Waals surface area contributed by atoms with E-state index in [1.165, 1.54) is 0 Å². The largest absolute Gasteiger partial charge is 0.383 e. The Bertz CT molecular complexity index is 672. The molecule has 0 aliphatic rings. The van der Waals surface area contributed by atoms with E-state index in [2.05, 4.69) is 28.6 Å². The van der Waals surface area contributed by atoms with Crippen LogP contribution in [0.15, 0.2) is 29.3 Å². The zero-order chi connectivity index (χ0) is 15.2. The number of para-hydroxylation sites is 1. The van der Waals surface area contributed by atoms with E-state index in [-0.39, 0.29) is 11.8 Å². The third-order valence-electron chi connectivity index (χ3n) is 3.46. The molecule has 114 valence electrons. The van der Waals surface area contributed by atoms with Crippen LogP contribution in [0.5, 0.6) is 0 Å². The molecular formula is C16H22N2O2S. The van der Waals surface area contributed by atoms with Gasteiger partial charge in [0.2, 0.25) is 0 Å². The molecule has 0 fully saturated rings. The Morgan fingerprint density at radius 3 is 2.90 bits per heavy atom. The molecule has 0 aliphatic heterocycles. The molecule has 0 saturated carbocycles. The highest BCUT2D eigenvalue weighted by Gasteiger charge is 2.12. The predicted octanol–water partition coefficient (Wildman–Crippen LogP) is 3.21. The molecule has 1 atom stereocenters. The molecule has 0 radical (unpaired) electrons. The number of ether oxygens (including phenoxy) is 1. The molecule has 0 saturated heterocycles. The van der Waals surface area contributed by atoms with Gasteiger partial charge < -0.3 is 9.30 Å². The van der Waals surface area contributed by atoms with Gasteiger partial charge in [0.15, 0.2) is 4.80 Å². The second-order valence-electron chi connectivity index (χ2n) is 5.14. The summed E-state index contributed by atoms with van der Waals surface area (Å²) in [5.41, 5.74) is 1.11. The van der Waals surface area contributed by atoms with Gasteiger partial charge >= 0.3 is 0 Å². The summed E-state index contributed by atoms with van der Waals surface area (Å²) >= 11 is 1.56. The summed E-state index contributed by atoms with van der Waals surface area (Å²) in [7, 11) is 1.68. The number of benzene rings is 1. The highest BCUT2D eigenvalue weighted by Crippen LogP contribution is 2.17. The number of hydrogen-bond donors (Lipinski definition) is 0. The van der Waals surface area contributed by atoms with Crippen LogP contribution in [0.1, 0.15) is 26.7 Å². The SMILES string of the molecule is CCCC(C)C(=O)N=c1sc2ccccc2n1CCOC. The first-order valence-electron chi connectivity index (χ1n) is 7.33. The molecule has 21 heavy (non-hydrogen) atoms. The molecule has 5 heteroatoms. The van der Waals surface area contributed by atoms with Crippen LogP contribution in [0.4, 0.5) is 0 Å². The van der Waals surface area contributed by atoms with Crippen molar-refractivity contribution < 1.29 is 9.53 Å². The molecule has 4 nitrogen and oxygen atoms in total. The van der Waals surface area contributed by atoms with Gasteiger partial charge in [0, 0.05) is 19.6 Å². The lowest BCUT2D eigenvalue weighted by Crippen LogP contribution is -2.21. The van der Waals surface area contributed by atoms with Crippen molar-refractivity contribution in [3.05, 3.63) is 29.1 Å². The summed E-state index contributed by atoms with van der Waals surface area (Å²) in [6, 6.07) is 8.12. The van der Waals surface area contributed by atoms with Gasteiger partial charge in [-0.2, -0.15) is 4.99 Å². The number of rotatable bonds is 6. The molecule has 1 aromatic heterocycles. The lowest BCUT2D eigenvalue weighted by Gasteiger charge is -2.06. The molecule has 2 rings (SSSR count). The van der Waals surface area contributed by atoms with E-state index >= 15 is 0 Å². The number of methoxy groups -OCH3 is 1. The van der Waals surface area contributed by atoms with Crippen molar-refractivity contribution in [2.24, 2.45) is 10.9 Å². The zero-order valence-corrected chi connectivity index (χ0v) is 13.7. The summed E-state index contributed by atoms with van der Waals surface area (Å²) in [4.78, 5) is 17.3. The Labute approximate surface area is 129 Å². The molecule has 1 heterocycles. The number of amides is 1. The average Bonchev–Trinajstić information content (AvgIpc) is 2.82. The van der Waals surface area contributed by atoms with Crippen molar-refractivity contribution >= 4 is 27.5 Å². The van der Waals surface area contributed by atoms with E-state index in [9.17, 15) is 4.79 Å². The van der Waals surface area contributed by atoms with Crippen molar-refractivity contribution in [2.45, 2.75) is 33.2 Å². The first-order valence-corrected chi connectivity index (χ1v) is 8.15. The number of nitrogens with zero attached hydrogens (tertiary/aromatic N) is 2. The summed E-state index contributed by atoms with van der Waals surface area (Å²) in [5.74, 6) is -0.0503. The normalized spacial score (nSPS) is 13.8. The molecule has 1 unspecified atom stereocenters. The molecule has 1 aromatic carbocycles. The van der Waals surface area contributed by atoms with Crippen LogP contribution in [-0.4, -0.2) is 24.2 Å². The monoisotopic (exact) mass is 306 g/mol. The molecule has 1 amide bonds. The molecule has 2 aromatic rings. The molecule has 0 aliphatic carbocycles. The van der Waals surface area contributed by atoms with Gasteiger partial charge in [-0.3, -0.25) is 4.79 Å². The minimum atomic E-state index is -0.0328. The number of hydrogen-bond acceptors (Lipinski definition) is 3. The van der Waals surface area contributed by atoms with E-state index in [1.807, 2.05) is 19.1 Å². The number of thiazole rings is 1. The maximum Gasteiger partial charge on any atom is 0.251 e. The third kappa shape index (κ3) is 3.80. The van der Waals surface area contributed by atoms with Gasteiger partial charge in [-0.1, -0.05) is 43.7 Å². The molecule has 0 spiro atoms. The predicted molar refractivity (Wildman–Crippen MR) is 86.3 cm³/mol. The van der Waals surface area contributed by atoms with E-state index in [0.717, 1.165) is 27.9 Å². The number of fused-ring (bicyclic) bond motifs is 1. The quantitative estimate of drug-likeness (QED) is 0.822. The Balaban J connectivity index is 2.44. The first-order chi connectivity index (χ1) is 10.2. The van der Waals surface area contributed by atoms with Crippen LogP contribution in [0.2, 0.25) is 0 Å². The number of carbonyl (C=O) groups excluding carboxylic acids is 1. The molecule has 0 N–H and O–H groups in total. The molecular weight excluding hydrogens is 284 g/mol. The van der Waals surface area contributed by atoms with Crippen LogP contribution in [0.25, 0.3) is 10.2 Å². The van der Waals surface area contributed by atoms with Crippen molar-refractivity contribution in [1.29, 1.82) is 0 Å². The standard InChI is InChI=1S/C16H22N2O2S/c1-4-7-12(2)15(19)17-16-18(10-11-20-3)13-8-5-6-9-14(13)21-16/h5-6,8-9,12H,4,7,10-11H2,1-3H3. The van der Waals surface area contributed by atoms with Crippen LogP contribution >= 0.6 is 11.3 Å². The minimum absolute atomic E-state index is 0.0175. The maximum absolute atomic E-state index is 12.2. The van der Waals surface area contributed by atoms with Gasteiger partial charge in [-0.25, -0.2) is 0 Å². The molecule has 0 bridgehead atoms. The Hall–Kier alpha value is -1.46. The van der Waals surface area contributed by atoms with Crippen LogP contribution in [0, 0.1) is 5.92 Å². The summed E-state index contributed by atoms with van der Waals surface area (Å²) in [6.45, 7) is 5.34. The Kier molecular flexibility index (Phi) is 5.70. The highest BCUT2D eigenvalue weighted by molar-refractivity contribution is 7.16. The van der Waals surface area contributed by atoms with E-state index < -0.39 is 0 Å². The van der Waals surface area contributed by atoms with Gasteiger partial charge in [0.25, 0.3) is 5.91 Å². The van der Waals surface area contributed by atoms with E-state index in [4.69, 9.17) is 4.74 Å². The fraction of sp³-hybridized carbons (Fsp3) is 0.500. The fourth-order valence-electron chi connectivity index (χ4n) is 2.27. The Morgan fingerprint density at radius 1 is 1.43 bits per heavy atom. The lowest BCUT2D eigenvalue weighted by atomic mass is 10.1. The van der Waals surface area contributed by atoms with Gasteiger partial charge in [-0.05, 0) is 18.6 Å². The summed E-state index contributed by atoms with van der Waals surface area (Å²) in [5, 5.41) is 0. The van der Waals surface area contributed by atoms with Gasteiger partial charge in [0.1, 0.15) is 0 Å². The van der Waals surface area contributed by atoms with Crippen LogP contribution in [-0.2, 0) is 16.1 Å². The second-order valence-corrected chi connectivity index (χ2v) is 6.15. The van der Waals surface area contributed by atoms with Gasteiger partial charge in [-0.15, -0.1) is 0 Å². The lowest BCUT2D eigenvalue weighted by molar-refractivity contribution is -0.121. The first kappa shape index (κ1) is 15.9. The minimum Gasteiger partial charge on any atom is -0.383 e. The van der Waals surface area contributed by atoms with Crippen molar-refractivity contribution in [3.8, 4) is 0 Å². The van der Waals surface area contributed by atoms with Crippen molar-refractivity contribution in [1.82, 2.24) is 4.57 Å². The van der Waals surface area contributed by atoms with Crippen LogP contribution in [0.3, 0.4) is 0 Å². The number of carbonyl (C=O) groups is 1. The van der Waals surface area contributed by atoms with Crippen molar-refractivity contribution in [3.63, 3.8) is 0 Å². The second kappa shape index (κ2) is 7.52. The van der Waals surface area contributed by atoms with Gasteiger partial charge in [0.05, 0.1) is 16.8 Å². The maximum atomic E-state index is 12.2. The highest BCUT2D eigenvalue weighted by atomic mass is 32.1. The van der Waals surface area contributed by atoms with E-state index in [1.54, 1.807) is 18.4 Å². The van der Waals surface area contributed by atoms with Crippen LogP contribution < -0.4 is 4.80 Å². The summed E-state index contributed by atoms with van der Waals surface area (Å²) in [6.07, 6.45) is 1.88. The zero-order valence-electron chi connectivity index (χ0n) is 12.8. The van der Waals surface area contributed by atoms with E-state index in [0.29, 0.717) is 13.2 Å². The topological polar surface area (TPSA) is 43.6 Å². The van der Waals surface area contributed by atoms with Crippen molar-refractivity contribution in [2.75, 3.05) is 13.7 Å². The Morgan fingerprint density at radius 2 is 2.19 bits per heavy atom. The number of aromatic nitrogens is 1. The summed E-state index contributed by atoms with van der Waals surface area (Å²) < 4.78 is 8.38. The third-order valence-corrected chi connectivity index (χ3v) is 4.52. The average molecular weight is 306 g/mol.